The van der Waals surface area contributed by atoms with Gasteiger partial charge in [0.25, 0.3) is 0 Å². The number of hydrogen-bond donors (Lipinski definition) is 0. The molecule has 27 heavy (non-hydrogen) atoms. The zero-order chi connectivity index (χ0) is 19.2. The van der Waals surface area contributed by atoms with Crippen molar-refractivity contribution >= 4 is 11.8 Å². The predicted octanol–water partition coefficient (Wildman–Crippen LogP) is 5.83. The van der Waals surface area contributed by atoms with Gasteiger partial charge in [0.15, 0.2) is 5.16 Å². The van der Waals surface area contributed by atoms with Gasteiger partial charge in [-0.15, -0.1) is 0 Å². The van der Waals surface area contributed by atoms with Crippen LogP contribution < -0.4 is 9.47 Å². The lowest BCUT2D eigenvalue weighted by atomic mass is 10.1. The van der Waals surface area contributed by atoms with Crippen LogP contribution in [0, 0.1) is 5.82 Å². The van der Waals surface area contributed by atoms with Crippen LogP contribution in [0.15, 0.2) is 59.8 Å². The first-order valence-corrected chi connectivity index (χ1v) is 9.61. The molecule has 0 amide bonds. The van der Waals surface area contributed by atoms with E-state index < -0.39 is 0 Å². The normalized spacial score (nSPS) is 10.9. The molecule has 0 radical (unpaired) electrons. The minimum atomic E-state index is -0.222. The first kappa shape index (κ1) is 19.2. The maximum absolute atomic E-state index is 13.8. The summed E-state index contributed by atoms with van der Waals surface area (Å²) in [4.78, 5) is 9.05. The van der Waals surface area contributed by atoms with Crippen LogP contribution in [0.4, 0.5) is 4.39 Å². The van der Waals surface area contributed by atoms with Crippen LogP contribution in [0.5, 0.6) is 17.4 Å². The number of thioether (sulfide) groups is 1. The number of methoxy groups -OCH3 is 1. The molecule has 0 N–H and O–H groups in total. The fourth-order valence-electron chi connectivity index (χ4n) is 2.36. The SMILES string of the molecule is COc1ccc(Oc2cc(C(C)C)nc(SCc3ccccc3F)n2)cc1. The average molecular weight is 384 g/mol. The Balaban J connectivity index is 1.80. The minimum absolute atomic E-state index is 0.221. The molecule has 140 valence electrons. The van der Waals surface area contributed by atoms with Crippen molar-refractivity contribution in [3.8, 4) is 17.4 Å². The third-order valence-corrected chi connectivity index (χ3v) is 4.79. The highest BCUT2D eigenvalue weighted by molar-refractivity contribution is 7.98. The Hall–Kier alpha value is -2.60. The van der Waals surface area contributed by atoms with E-state index in [1.807, 2.05) is 36.4 Å². The molecule has 0 saturated carbocycles. The number of halogens is 1. The number of hydrogen-bond acceptors (Lipinski definition) is 5. The number of ether oxygens (including phenoxy) is 2. The Labute approximate surface area is 162 Å². The first-order chi connectivity index (χ1) is 13.0. The molecule has 4 nitrogen and oxygen atoms in total. The average Bonchev–Trinajstić information content (AvgIpc) is 2.68. The highest BCUT2D eigenvalue weighted by atomic mass is 32.2. The number of rotatable bonds is 7. The van der Waals surface area contributed by atoms with Crippen LogP contribution in [0.25, 0.3) is 0 Å². The summed E-state index contributed by atoms with van der Waals surface area (Å²) < 4.78 is 24.9. The maximum atomic E-state index is 13.8. The van der Waals surface area contributed by atoms with Gasteiger partial charge in [-0.1, -0.05) is 43.8 Å². The maximum Gasteiger partial charge on any atom is 0.223 e. The highest BCUT2D eigenvalue weighted by Gasteiger charge is 2.11. The van der Waals surface area contributed by atoms with Crippen LogP contribution in [0.1, 0.15) is 31.0 Å². The zero-order valence-electron chi connectivity index (χ0n) is 15.5. The van der Waals surface area contributed by atoms with E-state index in [-0.39, 0.29) is 11.7 Å². The second-order valence-electron chi connectivity index (χ2n) is 6.23. The topological polar surface area (TPSA) is 44.2 Å². The lowest BCUT2D eigenvalue weighted by Gasteiger charge is -2.11. The van der Waals surface area contributed by atoms with Gasteiger partial charge >= 0.3 is 0 Å². The molecule has 0 aliphatic heterocycles. The van der Waals surface area contributed by atoms with Gasteiger partial charge in [0.2, 0.25) is 5.88 Å². The van der Waals surface area contributed by atoms with E-state index in [4.69, 9.17) is 9.47 Å². The molecule has 0 atom stereocenters. The van der Waals surface area contributed by atoms with Crippen molar-refractivity contribution < 1.29 is 13.9 Å². The molecule has 0 aliphatic rings. The Morgan fingerprint density at radius 2 is 1.70 bits per heavy atom. The van der Waals surface area contributed by atoms with Crippen molar-refractivity contribution in [2.75, 3.05) is 7.11 Å². The van der Waals surface area contributed by atoms with Gasteiger partial charge in [-0.3, -0.25) is 0 Å². The molecule has 1 heterocycles. The smallest absolute Gasteiger partial charge is 0.223 e. The predicted molar refractivity (Wildman–Crippen MR) is 105 cm³/mol. The summed E-state index contributed by atoms with van der Waals surface area (Å²) in [6, 6.07) is 15.9. The lowest BCUT2D eigenvalue weighted by molar-refractivity contribution is 0.411. The summed E-state index contributed by atoms with van der Waals surface area (Å²) in [6.07, 6.45) is 0. The summed E-state index contributed by atoms with van der Waals surface area (Å²) >= 11 is 1.39. The number of benzene rings is 2. The molecule has 0 bridgehead atoms. The molecule has 6 heteroatoms. The van der Waals surface area contributed by atoms with E-state index in [1.54, 1.807) is 19.2 Å². The minimum Gasteiger partial charge on any atom is -0.497 e. The van der Waals surface area contributed by atoms with Crippen molar-refractivity contribution in [1.29, 1.82) is 0 Å². The molecule has 1 aromatic heterocycles. The van der Waals surface area contributed by atoms with Gasteiger partial charge in [0.05, 0.1) is 12.8 Å². The fraction of sp³-hybridized carbons (Fsp3) is 0.238. The van der Waals surface area contributed by atoms with Crippen molar-refractivity contribution in [2.24, 2.45) is 0 Å². The summed E-state index contributed by atoms with van der Waals surface area (Å²) in [5, 5.41) is 0.563. The van der Waals surface area contributed by atoms with E-state index in [9.17, 15) is 4.39 Å². The molecule has 0 saturated heterocycles. The van der Waals surface area contributed by atoms with Gasteiger partial charge in [0.1, 0.15) is 17.3 Å². The Morgan fingerprint density at radius 1 is 1.00 bits per heavy atom. The summed E-state index contributed by atoms with van der Waals surface area (Å²) in [5.41, 5.74) is 1.50. The largest absolute Gasteiger partial charge is 0.497 e. The molecule has 0 unspecified atom stereocenters. The molecular formula is C21H21FN2O2S. The lowest BCUT2D eigenvalue weighted by Crippen LogP contribution is -2.00. The molecule has 3 rings (SSSR count). The number of aromatic nitrogens is 2. The Kier molecular flexibility index (Phi) is 6.29. The Bertz CT molecular complexity index is 901. The molecule has 0 spiro atoms. The van der Waals surface area contributed by atoms with Crippen molar-refractivity contribution in [2.45, 2.75) is 30.7 Å². The second-order valence-corrected chi connectivity index (χ2v) is 7.17. The third-order valence-electron chi connectivity index (χ3n) is 3.89. The van der Waals surface area contributed by atoms with Crippen LogP contribution in [-0.2, 0) is 5.75 Å². The summed E-state index contributed by atoms with van der Waals surface area (Å²) in [5.74, 6) is 2.34. The second kappa shape index (κ2) is 8.86. The van der Waals surface area contributed by atoms with E-state index >= 15 is 0 Å². The fourth-order valence-corrected chi connectivity index (χ4v) is 3.20. The van der Waals surface area contributed by atoms with Gasteiger partial charge in [0, 0.05) is 11.8 Å². The number of nitrogens with zero attached hydrogens (tertiary/aromatic N) is 2. The van der Waals surface area contributed by atoms with Crippen molar-refractivity contribution in [3.63, 3.8) is 0 Å². The zero-order valence-corrected chi connectivity index (χ0v) is 16.3. The van der Waals surface area contributed by atoms with Crippen LogP contribution >= 0.6 is 11.8 Å². The first-order valence-electron chi connectivity index (χ1n) is 8.62. The van der Waals surface area contributed by atoms with Crippen LogP contribution in [-0.4, -0.2) is 17.1 Å². The van der Waals surface area contributed by atoms with Gasteiger partial charge in [-0.05, 0) is 41.8 Å². The van der Waals surface area contributed by atoms with E-state index in [0.29, 0.717) is 28.1 Å². The van der Waals surface area contributed by atoms with Gasteiger partial charge in [-0.2, -0.15) is 4.98 Å². The quantitative estimate of drug-likeness (QED) is 0.379. The van der Waals surface area contributed by atoms with Crippen molar-refractivity contribution in [3.05, 3.63) is 71.7 Å². The molecule has 3 aromatic rings. The molecule has 0 fully saturated rings. The van der Waals surface area contributed by atoms with Crippen molar-refractivity contribution in [1.82, 2.24) is 9.97 Å². The van der Waals surface area contributed by atoms with E-state index in [2.05, 4.69) is 23.8 Å². The monoisotopic (exact) mass is 384 g/mol. The van der Waals surface area contributed by atoms with Crippen LogP contribution in [0.3, 0.4) is 0 Å². The highest BCUT2D eigenvalue weighted by Crippen LogP contribution is 2.28. The van der Waals surface area contributed by atoms with Crippen LogP contribution in [0.2, 0.25) is 0 Å². The third kappa shape index (κ3) is 5.20. The molecular weight excluding hydrogens is 363 g/mol. The van der Waals surface area contributed by atoms with Gasteiger partial charge in [-0.25, -0.2) is 9.37 Å². The molecule has 2 aromatic carbocycles. The standard InChI is InChI=1S/C21H21FN2O2S/c1-14(2)19-12-20(26-17-10-8-16(25-3)9-11-17)24-21(23-19)27-13-15-6-4-5-7-18(15)22/h4-12,14H,13H2,1-3H3. The van der Waals surface area contributed by atoms with Gasteiger partial charge < -0.3 is 9.47 Å². The van der Waals surface area contributed by atoms with E-state index in [0.717, 1.165) is 11.4 Å². The van der Waals surface area contributed by atoms with E-state index in [1.165, 1.54) is 17.8 Å². The summed E-state index contributed by atoms with van der Waals surface area (Å²) in [6.45, 7) is 4.12. The summed E-state index contributed by atoms with van der Waals surface area (Å²) in [7, 11) is 1.62. The Morgan fingerprint density at radius 3 is 2.37 bits per heavy atom. The molecule has 0 aliphatic carbocycles.